The molecule has 0 radical (unpaired) electrons. The molecule has 0 spiro atoms. The van der Waals surface area contributed by atoms with Gasteiger partial charge in [-0.2, -0.15) is 0 Å². The first-order chi connectivity index (χ1) is 11.0. The summed E-state index contributed by atoms with van der Waals surface area (Å²) < 4.78 is 10.8. The topological polar surface area (TPSA) is 80.0 Å². The average Bonchev–Trinajstić information content (AvgIpc) is 3.05. The monoisotopic (exact) mass is 333 g/mol. The number of carbonyl (C=O) groups is 2. The predicted molar refractivity (Wildman–Crippen MR) is 87.6 cm³/mol. The maximum atomic E-state index is 12.0. The number of allylic oxidation sites excluding steroid dienone is 4. The molecule has 6 nitrogen and oxygen atoms in total. The molecule has 0 saturated carbocycles. The molecule has 7 heteroatoms. The molecule has 120 valence electrons. The molecule has 1 fully saturated rings. The van der Waals surface area contributed by atoms with Crippen LogP contribution in [-0.2, 0) is 9.59 Å². The average molecular weight is 333 g/mol. The summed E-state index contributed by atoms with van der Waals surface area (Å²) in [5.41, 5.74) is 0.547. The van der Waals surface area contributed by atoms with Crippen LogP contribution in [0.2, 0.25) is 0 Å². The van der Waals surface area contributed by atoms with Crippen LogP contribution < -0.4 is 9.64 Å². The smallest absolute Gasteiger partial charge is 0.308 e. The van der Waals surface area contributed by atoms with Crippen molar-refractivity contribution in [2.45, 2.75) is 26.2 Å². The van der Waals surface area contributed by atoms with Crippen molar-refractivity contribution in [3.8, 4) is 11.5 Å². The summed E-state index contributed by atoms with van der Waals surface area (Å²) in [6.07, 6.45) is 7.04. The molecule has 1 aliphatic heterocycles. The fraction of sp³-hybridized carbons (Fsp3) is 0.312. The highest BCUT2D eigenvalue weighted by atomic mass is 32.1. The number of hydrogen-bond acceptors (Lipinski definition) is 6. The van der Waals surface area contributed by atoms with Crippen LogP contribution in [0.4, 0.5) is 5.88 Å². The number of aromatic hydroxyl groups is 1. The minimum absolute atomic E-state index is 0.0495. The van der Waals surface area contributed by atoms with E-state index in [0.717, 1.165) is 0 Å². The number of rotatable bonds is 3. The minimum Gasteiger partial charge on any atom is -0.502 e. The molecular formula is C16H15NO5S. The molecule has 1 aliphatic carbocycles. The van der Waals surface area contributed by atoms with Gasteiger partial charge in [0, 0.05) is 36.7 Å². The molecule has 1 aromatic heterocycles. The Morgan fingerprint density at radius 2 is 2.26 bits per heavy atom. The van der Waals surface area contributed by atoms with Gasteiger partial charge in [-0.3, -0.25) is 14.5 Å². The Kier molecular flexibility index (Phi) is 4.04. The summed E-state index contributed by atoms with van der Waals surface area (Å²) >= 11 is 5.29. The Morgan fingerprint density at radius 1 is 1.48 bits per heavy atom. The Bertz CT molecular complexity index is 759. The summed E-state index contributed by atoms with van der Waals surface area (Å²) in [6, 6.07) is 0. The first-order valence-electron chi connectivity index (χ1n) is 7.24. The first kappa shape index (κ1) is 15.5. The lowest BCUT2D eigenvalue weighted by atomic mass is 10.0. The third-order valence-corrected chi connectivity index (χ3v) is 4.02. The number of amides is 1. The largest absolute Gasteiger partial charge is 0.502 e. The van der Waals surface area contributed by atoms with Crippen molar-refractivity contribution in [1.82, 2.24) is 0 Å². The van der Waals surface area contributed by atoms with Crippen LogP contribution >= 0.6 is 12.2 Å². The molecule has 23 heavy (non-hydrogen) atoms. The van der Waals surface area contributed by atoms with Crippen LogP contribution in [-0.4, -0.2) is 28.4 Å². The lowest BCUT2D eigenvalue weighted by molar-refractivity contribution is -0.132. The molecule has 0 aromatic carbocycles. The molecule has 0 bridgehead atoms. The van der Waals surface area contributed by atoms with Gasteiger partial charge in [0.1, 0.15) is 0 Å². The first-order valence-corrected chi connectivity index (χ1v) is 7.64. The number of nitrogens with zero attached hydrogens (tertiary/aromatic N) is 1. The van der Waals surface area contributed by atoms with E-state index < -0.39 is 5.97 Å². The zero-order chi connectivity index (χ0) is 16.6. The second-order valence-electron chi connectivity index (χ2n) is 5.29. The van der Waals surface area contributed by atoms with Crippen molar-refractivity contribution in [3.63, 3.8) is 0 Å². The van der Waals surface area contributed by atoms with Crippen molar-refractivity contribution in [3.05, 3.63) is 24.0 Å². The molecule has 1 N–H and O–H groups in total. The SMILES string of the molecule is CC(=O)Oc1c(N2CCCC2=O)oc(C2=CC=CCC2=S)c1O. The third kappa shape index (κ3) is 2.79. The Morgan fingerprint density at radius 3 is 2.87 bits per heavy atom. The Balaban J connectivity index is 2.11. The second kappa shape index (κ2) is 6.00. The summed E-state index contributed by atoms with van der Waals surface area (Å²) in [7, 11) is 0. The molecule has 0 atom stereocenters. The summed E-state index contributed by atoms with van der Waals surface area (Å²) in [5, 5.41) is 10.4. The van der Waals surface area contributed by atoms with Gasteiger partial charge in [0.15, 0.2) is 5.76 Å². The van der Waals surface area contributed by atoms with Crippen LogP contribution in [0.3, 0.4) is 0 Å². The summed E-state index contributed by atoms with van der Waals surface area (Å²) in [5.74, 6) is -1.04. The number of anilines is 1. The van der Waals surface area contributed by atoms with E-state index in [0.29, 0.717) is 36.2 Å². The molecule has 2 aliphatic rings. The molecular weight excluding hydrogens is 318 g/mol. The predicted octanol–water partition coefficient (Wildman–Crippen LogP) is 2.75. The Hall–Kier alpha value is -2.41. The van der Waals surface area contributed by atoms with Crippen LogP contribution in [0.15, 0.2) is 22.6 Å². The van der Waals surface area contributed by atoms with E-state index in [1.165, 1.54) is 11.8 Å². The van der Waals surface area contributed by atoms with Crippen molar-refractivity contribution in [2.75, 3.05) is 11.4 Å². The third-order valence-electron chi connectivity index (χ3n) is 3.63. The molecule has 2 heterocycles. The fourth-order valence-corrected chi connectivity index (χ4v) is 2.86. The van der Waals surface area contributed by atoms with Crippen LogP contribution in [0.5, 0.6) is 11.5 Å². The zero-order valence-electron chi connectivity index (χ0n) is 12.5. The van der Waals surface area contributed by atoms with E-state index in [4.69, 9.17) is 21.4 Å². The molecule has 1 saturated heterocycles. The van der Waals surface area contributed by atoms with Gasteiger partial charge in [-0.15, -0.1) is 0 Å². The lowest BCUT2D eigenvalue weighted by Crippen LogP contribution is -2.24. The van der Waals surface area contributed by atoms with Gasteiger partial charge in [-0.05, 0) is 6.42 Å². The number of carbonyl (C=O) groups excluding carboxylic acids is 2. The van der Waals surface area contributed by atoms with Crippen molar-refractivity contribution >= 4 is 40.4 Å². The van der Waals surface area contributed by atoms with E-state index in [2.05, 4.69) is 0 Å². The Labute approximate surface area is 138 Å². The molecule has 1 amide bonds. The number of thiocarbonyl (C=S) groups is 1. The number of ether oxygens (including phenoxy) is 1. The van der Waals surface area contributed by atoms with Crippen LogP contribution in [0.1, 0.15) is 31.9 Å². The van der Waals surface area contributed by atoms with Crippen LogP contribution in [0, 0.1) is 0 Å². The zero-order valence-corrected chi connectivity index (χ0v) is 13.3. The van der Waals surface area contributed by atoms with Crippen molar-refractivity contribution < 1.29 is 23.8 Å². The van der Waals surface area contributed by atoms with Gasteiger partial charge in [0.2, 0.25) is 17.4 Å². The maximum absolute atomic E-state index is 12.0. The maximum Gasteiger partial charge on any atom is 0.308 e. The summed E-state index contributed by atoms with van der Waals surface area (Å²) in [6.45, 7) is 1.66. The van der Waals surface area contributed by atoms with Gasteiger partial charge >= 0.3 is 5.97 Å². The minimum atomic E-state index is -0.611. The quantitative estimate of drug-likeness (QED) is 0.677. The van der Waals surface area contributed by atoms with Gasteiger partial charge in [-0.1, -0.05) is 30.4 Å². The molecule has 0 unspecified atom stereocenters. The van der Waals surface area contributed by atoms with E-state index in [9.17, 15) is 14.7 Å². The number of esters is 1. The highest BCUT2D eigenvalue weighted by Gasteiger charge is 2.34. The number of furan rings is 1. The van der Waals surface area contributed by atoms with Crippen LogP contribution in [0.25, 0.3) is 5.57 Å². The van der Waals surface area contributed by atoms with Gasteiger partial charge in [0.05, 0.1) is 0 Å². The van der Waals surface area contributed by atoms with Gasteiger partial charge in [0.25, 0.3) is 5.88 Å². The van der Waals surface area contributed by atoms with E-state index in [-0.39, 0.29) is 29.1 Å². The molecule has 1 aromatic rings. The number of hydrogen-bond donors (Lipinski definition) is 1. The van der Waals surface area contributed by atoms with Crippen molar-refractivity contribution in [1.29, 1.82) is 0 Å². The normalized spacial score (nSPS) is 17.6. The fourth-order valence-electron chi connectivity index (χ4n) is 2.60. The highest BCUT2D eigenvalue weighted by Crippen LogP contribution is 2.47. The molecule has 3 rings (SSSR count). The standard InChI is InChI=1S/C16H15NO5S/c1-9(18)21-15-13(20)14(10-5-2-3-6-11(10)23)22-16(15)17-8-4-7-12(17)19/h2-3,5,20H,4,6-8H2,1H3. The van der Waals surface area contributed by atoms with Gasteiger partial charge in [-0.25, -0.2) is 0 Å². The highest BCUT2D eigenvalue weighted by molar-refractivity contribution is 7.81. The van der Waals surface area contributed by atoms with Gasteiger partial charge < -0.3 is 14.3 Å². The second-order valence-corrected chi connectivity index (χ2v) is 5.79. The van der Waals surface area contributed by atoms with E-state index >= 15 is 0 Å². The summed E-state index contributed by atoms with van der Waals surface area (Å²) in [4.78, 5) is 25.3. The lowest BCUT2D eigenvalue weighted by Gasteiger charge is -2.13. The van der Waals surface area contributed by atoms with E-state index in [1.807, 2.05) is 6.08 Å². The van der Waals surface area contributed by atoms with E-state index in [1.54, 1.807) is 12.2 Å². The van der Waals surface area contributed by atoms with Crippen molar-refractivity contribution in [2.24, 2.45) is 0 Å².